The molecule has 6 heteroatoms. The average Bonchev–Trinajstić information content (AvgIpc) is 2.96. The van der Waals surface area contributed by atoms with Crippen molar-refractivity contribution >= 4 is 17.6 Å². The molecular formula is C14H16N4O2. The van der Waals surface area contributed by atoms with E-state index in [9.17, 15) is 9.59 Å². The van der Waals surface area contributed by atoms with Crippen molar-refractivity contribution in [3.8, 4) is 0 Å². The Morgan fingerprint density at radius 3 is 2.65 bits per heavy atom. The molecule has 0 aliphatic carbocycles. The number of para-hydroxylation sites is 1. The minimum absolute atomic E-state index is 0.195. The summed E-state index contributed by atoms with van der Waals surface area (Å²) in [5.74, 6) is -0.349. The number of rotatable bonds is 4. The van der Waals surface area contributed by atoms with Crippen molar-refractivity contribution in [2.75, 3.05) is 11.9 Å². The number of carbonyl (C=O) groups excluding carboxylic acids is 2. The Morgan fingerprint density at radius 2 is 1.95 bits per heavy atom. The quantitative estimate of drug-likeness (QED) is 0.895. The SMILES string of the molecule is CCCNC(=O)n1ccc(C(=O)Nc2ccccc2)n1. The third-order valence-corrected chi connectivity index (χ3v) is 2.59. The van der Waals surface area contributed by atoms with Gasteiger partial charge in [0.15, 0.2) is 5.69 Å². The van der Waals surface area contributed by atoms with Crippen molar-refractivity contribution in [2.45, 2.75) is 13.3 Å². The fourth-order valence-electron chi connectivity index (χ4n) is 1.59. The second-order valence-electron chi connectivity index (χ2n) is 4.20. The summed E-state index contributed by atoms with van der Waals surface area (Å²) in [6.07, 6.45) is 2.30. The molecule has 1 aromatic heterocycles. The molecule has 6 nitrogen and oxygen atoms in total. The first-order valence-corrected chi connectivity index (χ1v) is 6.41. The molecule has 2 aromatic rings. The van der Waals surface area contributed by atoms with Crippen LogP contribution < -0.4 is 10.6 Å². The van der Waals surface area contributed by atoms with Crippen molar-refractivity contribution in [2.24, 2.45) is 0 Å². The Bertz CT molecular complexity index is 592. The standard InChI is InChI=1S/C14H16N4O2/c1-2-9-15-14(20)18-10-8-12(17-18)13(19)16-11-6-4-3-5-7-11/h3-8,10H,2,9H2,1H3,(H,15,20)(H,16,19). The predicted molar refractivity (Wildman–Crippen MR) is 75.7 cm³/mol. The van der Waals surface area contributed by atoms with E-state index in [2.05, 4.69) is 15.7 Å². The Kier molecular flexibility index (Phi) is 4.49. The van der Waals surface area contributed by atoms with Gasteiger partial charge >= 0.3 is 6.03 Å². The van der Waals surface area contributed by atoms with Crippen LogP contribution in [0.15, 0.2) is 42.6 Å². The van der Waals surface area contributed by atoms with E-state index >= 15 is 0 Å². The lowest BCUT2D eigenvalue weighted by Crippen LogP contribution is -2.29. The van der Waals surface area contributed by atoms with E-state index in [0.717, 1.165) is 11.1 Å². The highest BCUT2D eigenvalue weighted by atomic mass is 16.2. The summed E-state index contributed by atoms with van der Waals surface area (Å²) >= 11 is 0. The average molecular weight is 272 g/mol. The molecule has 0 saturated carbocycles. The summed E-state index contributed by atoms with van der Waals surface area (Å²) < 4.78 is 1.12. The number of amides is 2. The molecule has 0 saturated heterocycles. The van der Waals surface area contributed by atoms with E-state index in [1.54, 1.807) is 12.1 Å². The van der Waals surface area contributed by atoms with Crippen LogP contribution in [0.4, 0.5) is 10.5 Å². The van der Waals surface area contributed by atoms with Crippen LogP contribution in [0.1, 0.15) is 23.8 Å². The smallest absolute Gasteiger partial charge is 0.336 e. The molecule has 2 rings (SSSR count). The number of benzene rings is 1. The summed E-state index contributed by atoms with van der Waals surface area (Å²) in [6, 6.07) is 10.2. The molecule has 104 valence electrons. The highest BCUT2D eigenvalue weighted by Crippen LogP contribution is 2.07. The summed E-state index contributed by atoms with van der Waals surface area (Å²) in [7, 11) is 0. The zero-order valence-corrected chi connectivity index (χ0v) is 11.2. The molecule has 20 heavy (non-hydrogen) atoms. The number of nitrogens with zero attached hydrogens (tertiary/aromatic N) is 2. The van der Waals surface area contributed by atoms with Gasteiger partial charge in [0.1, 0.15) is 0 Å². The van der Waals surface area contributed by atoms with Gasteiger partial charge in [-0.1, -0.05) is 25.1 Å². The lowest BCUT2D eigenvalue weighted by atomic mass is 10.3. The van der Waals surface area contributed by atoms with Crippen LogP contribution in [0, 0.1) is 0 Å². The van der Waals surface area contributed by atoms with Crippen molar-refractivity contribution in [1.29, 1.82) is 0 Å². The molecule has 0 aliphatic rings. The number of carbonyl (C=O) groups is 2. The Labute approximate surface area is 116 Å². The Hall–Kier alpha value is -2.63. The van der Waals surface area contributed by atoms with E-state index in [1.165, 1.54) is 12.3 Å². The van der Waals surface area contributed by atoms with Crippen LogP contribution in [0.3, 0.4) is 0 Å². The van der Waals surface area contributed by atoms with Gasteiger partial charge < -0.3 is 10.6 Å². The summed E-state index contributed by atoms with van der Waals surface area (Å²) in [4.78, 5) is 23.6. The van der Waals surface area contributed by atoms with Crippen LogP contribution in [-0.4, -0.2) is 28.3 Å². The Morgan fingerprint density at radius 1 is 1.20 bits per heavy atom. The summed E-state index contributed by atoms with van der Waals surface area (Å²) in [5, 5.41) is 9.34. The van der Waals surface area contributed by atoms with Crippen molar-refractivity contribution in [3.05, 3.63) is 48.3 Å². The van der Waals surface area contributed by atoms with Gasteiger partial charge in [-0.3, -0.25) is 4.79 Å². The molecule has 0 spiro atoms. The number of hydrogen-bond acceptors (Lipinski definition) is 3. The number of nitrogens with one attached hydrogen (secondary N) is 2. The molecule has 1 heterocycles. The third kappa shape index (κ3) is 3.44. The van der Waals surface area contributed by atoms with E-state index in [-0.39, 0.29) is 17.6 Å². The first-order valence-electron chi connectivity index (χ1n) is 6.41. The van der Waals surface area contributed by atoms with Gasteiger partial charge in [-0.05, 0) is 24.6 Å². The van der Waals surface area contributed by atoms with Crippen molar-refractivity contribution in [3.63, 3.8) is 0 Å². The maximum absolute atomic E-state index is 11.9. The maximum atomic E-state index is 11.9. The molecule has 0 unspecified atom stereocenters. The number of anilines is 1. The van der Waals surface area contributed by atoms with Gasteiger partial charge in [-0.15, -0.1) is 0 Å². The van der Waals surface area contributed by atoms with Gasteiger partial charge in [-0.2, -0.15) is 9.78 Å². The van der Waals surface area contributed by atoms with E-state index < -0.39 is 0 Å². The topological polar surface area (TPSA) is 76.0 Å². The summed E-state index contributed by atoms with van der Waals surface area (Å²) in [6.45, 7) is 2.53. The van der Waals surface area contributed by atoms with Crippen LogP contribution >= 0.6 is 0 Å². The molecular weight excluding hydrogens is 256 g/mol. The fourth-order valence-corrected chi connectivity index (χ4v) is 1.59. The van der Waals surface area contributed by atoms with Crippen LogP contribution in [0.25, 0.3) is 0 Å². The molecule has 0 fully saturated rings. The predicted octanol–water partition coefficient (Wildman–Crippen LogP) is 2.10. The molecule has 0 aliphatic heterocycles. The molecule has 1 aromatic carbocycles. The molecule has 2 amide bonds. The first-order chi connectivity index (χ1) is 9.70. The molecule has 0 radical (unpaired) electrons. The fraction of sp³-hybridized carbons (Fsp3) is 0.214. The third-order valence-electron chi connectivity index (χ3n) is 2.59. The van der Waals surface area contributed by atoms with Crippen molar-refractivity contribution < 1.29 is 9.59 Å². The van der Waals surface area contributed by atoms with E-state index in [4.69, 9.17) is 0 Å². The van der Waals surface area contributed by atoms with Crippen LogP contribution in [-0.2, 0) is 0 Å². The normalized spacial score (nSPS) is 10.1. The second-order valence-corrected chi connectivity index (χ2v) is 4.20. The second kappa shape index (κ2) is 6.51. The number of hydrogen-bond donors (Lipinski definition) is 2. The van der Waals surface area contributed by atoms with Gasteiger partial charge in [-0.25, -0.2) is 4.79 Å². The zero-order chi connectivity index (χ0) is 14.4. The Balaban J connectivity index is 2.01. The lowest BCUT2D eigenvalue weighted by Gasteiger charge is -2.03. The monoisotopic (exact) mass is 272 g/mol. The highest BCUT2D eigenvalue weighted by Gasteiger charge is 2.12. The van der Waals surface area contributed by atoms with Gasteiger partial charge in [0.25, 0.3) is 5.91 Å². The summed E-state index contributed by atoms with van der Waals surface area (Å²) in [5.41, 5.74) is 0.878. The van der Waals surface area contributed by atoms with Crippen LogP contribution in [0.5, 0.6) is 0 Å². The van der Waals surface area contributed by atoms with Crippen LogP contribution in [0.2, 0.25) is 0 Å². The first kappa shape index (κ1) is 13.8. The lowest BCUT2D eigenvalue weighted by molar-refractivity contribution is 0.102. The largest absolute Gasteiger partial charge is 0.342 e. The maximum Gasteiger partial charge on any atom is 0.342 e. The molecule has 0 atom stereocenters. The van der Waals surface area contributed by atoms with E-state index in [0.29, 0.717) is 12.2 Å². The van der Waals surface area contributed by atoms with Gasteiger partial charge in [0, 0.05) is 18.4 Å². The van der Waals surface area contributed by atoms with Gasteiger partial charge in [0.05, 0.1) is 0 Å². The highest BCUT2D eigenvalue weighted by molar-refractivity contribution is 6.03. The zero-order valence-electron chi connectivity index (χ0n) is 11.2. The molecule has 2 N–H and O–H groups in total. The molecule has 0 bridgehead atoms. The van der Waals surface area contributed by atoms with Crippen molar-refractivity contribution in [1.82, 2.24) is 15.1 Å². The minimum Gasteiger partial charge on any atom is -0.336 e. The minimum atomic E-state index is -0.349. The van der Waals surface area contributed by atoms with E-state index in [1.807, 2.05) is 25.1 Å². The number of aromatic nitrogens is 2. The van der Waals surface area contributed by atoms with Gasteiger partial charge in [0.2, 0.25) is 0 Å².